The van der Waals surface area contributed by atoms with Gasteiger partial charge in [0.15, 0.2) is 5.78 Å². The maximum absolute atomic E-state index is 11.5. The van der Waals surface area contributed by atoms with Crippen molar-refractivity contribution in [1.29, 1.82) is 0 Å². The quantitative estimate of drug-likeness (QED) is 0.448. The van der Waals surface area contributed by atoms with E-state index in [0.29, 0.717) is 5.56 Å². The van der Waals surface area contributed by atoms with E-state index in [1.807, 2.05) is 0 Å². The van der Waals surface area contributed by atoms with Crippen LogP contribution >= 0.6 is 0 Å². The molecule has 0 saturated carbocycles. The smallest absolute Gasteiger partial charge is 0.372 e. The second kappa shape index (κ2) is 5.69. The fraction of sp³-hybridized carbons (Fsp3) is 0.167. The molecule has 0 fully saturated rings. The van der Waals surface area contributed by atoms with E-state index in [4.69, 9.17) is 5.11 Å². The van der Waals surface area contributed by atoms with Gasteiger partial charge in [-0.05, 0) is 0 Å². The average Bonchev–Trinajstić information content (AvgIpc) is 2.29. The van der Waals surface area contributed by atoms with Crippen molar-refractivity contribution in [1.82, 2.24) is 0 Å². The second-order valence-corrected chi connectivity index (χ2v) is 3.41. The third kappa shape index (κ3) is 3.98. The lowest BCUT2D eigenvalue weighted by Crippen LogP contribution is -2.19. The molecule has 0 aliphatic rings. The van der Waals surface area contributed by atoms with Gasteiger partial charge < -0.3 is 5.11 Å². The molecule has 1 aromatic carbocycles. The Morgan fingerprint density at radius 1 is 0.941 bits per heavy atom. The predicted molar refractivity (Wildman–Crippen MR) is 57.7 cm³/mol. The van der Waals surface area contributed by atoms with Crippen LogP contribution in [0.2, 0.25) is 0 Å². The Bertz CT molecular complexity index is 461. The van der Waals surface area contributed by atoms with Gasteiger partial charge in [0.05, 0.1) is 12.8 Å². The number of hydrogen-bond donors (Lipinski definition) is 1. The van der Waals surface area contributed by atoms with Crippen molar-refractivity contribution in [2.24, 2.45) is 0 Å². The highest BCUT2D eigenvalue weighted by Gasteiger charge is 2.19. The lowest BCUT2D eigenvalue weighted by Gasteiger charge is -1.99. The molecule has 0 aliphatic heterocycles. The third-order valence-electron chi connectivity index (χ3n) is 2.05. The van der Waals surface area contributed by atoms with Crippen molar-refractivity contribution < 1.29 is 24.3 Å². The van der Waals surface area contributed by atoms with Crippen LogP contribution in [0.1, 0.15) is 23.2 Å². The number of ketones is 3. The van der Waals surface area contributed by atoms with Crippen LogP contribution in [-0.4, -0.2) is 28.4 Å². The summed E-state index contributed by atoms with van der Waals surface area (Å²) >= 11 is 0. The zero-order valence-corrected chi connectivity index (χ0v) is 8.88. The van der Waals surface area contributed by atoms with Gasteiger partial charge in [-0.2, -0.15) is 0 Å². The Morgan fingerprint density at radius 3 is 2.06 bits per heavy atom. The lowest BCUT2D eigenvalue weighted by atomic mass is 10.0. The number of rotatable bonds is 6. The van der Waals surface area contributed by atoms with Crippen molar-refractivity contribution in [2.45, 2.75) is 12.8 Å². The SMILES string of the molecule is O=C(CC(=O)C(=O)O)CC(=O)c1ccccc1. The summed E-state index contributed by atoms with van der Waals surface area (Å²) in [6.07, 6.45) is -1.20. The number of aliphatic carboxylic acids is 1. The molecule has 0 radical (unpaired) electrons. The van der Waals surface area contributed by atoms with Gasteiger partial charge in [0.1, 0.15) is 5.78 Å². The minimum Gasteiger partial charge on any atom is -0.475 e. The highest BCUT2D eigenvalue weighted by molar-refractivity contribution is 6.36. The number of carbonyl (C=O) groups excluding carboxylic acids is 3. The van der Waals surface area contributed by atoms with Gasteiger partial charge >= 0.3 is 5.97 Å². The fourth-order valence-corrected chi connectivity index (χ4v) is 1.22. The van der Waals surface area contributed by atoms with E-state index in [-0.39, 0.29) is 0 Å². The summed E-state index contributed by atoms with van der Waals surface area (Å²) in [6, 6.07) is 8.13. The van der Waals surface area contributed by atoms with Gasteiger partial charge in [-0.3, -0.25) is 14.4 Å². The molecule has 1 rings (SSSR count). The summed E-state index contributed by atoms with van der Waals surface area (Å²) in [5.41, 5.74) is 0.364. The molecule has 0 bridgehead atoms. The normalized spacial score (nSPS) is 9.65. The molecule has 1 aromatic rings. The highest BCUT2D eigenvalue weighted by Crippen LogP contribution is 2.04. The Labute approximate surface area is 97.1 Å². The predicted octanol–water partition coefficient (Wildman–Crippen LogP) is 0.872. The van der Waals surface area contributed by atoms with Crippen molar-refractivity contribution in [3.8, 4) is 0 Å². The van der Waals surface area contributed by atoms with E-state index in [1.165, 1.54) is 0 Å². The highest BCUT2D eigenvalue weighted by atomic mass is 16.4. The van der Waals surface area contributed by atoms with Crippen molar-refractivity contribution in [2.75, 3.05) is 0 Å². The number of carboxylic acids is 1. The molecular formula is C12H10O5. The van der Waals surface area contributed by atoms with Crippen LogP contribution in [0.15, 0.2) is 30.3 Å². The Hall–Kier alpha value is -2.30. The molecule has 0 unspecified atom stereocenters. The number of carboxylic acid groups (broad SMARTS) is 1. The Morgan fingerprint density at radius 2 is 1.53 bits per heavy atom. The minimum atomic E-state index is -1.66. The van der Waals surface area contributed by atoms with Crippen LogP contribution < -0.4 is 0 Å². The molecule has 0 heterocycles. The van der Waals surface area contributed by atoms with Crippen molar-refractivity contribution >= 4 is 23.3 Å². The molecular weight excluding hydrogens is 224 g/mol. The molecule has 0 amide bonds. The van der Waals surface area contributed by atoms with Crippen LogP contribution in [0.4, 0.5) is 0 Å². The summed E-state index contributed by atoms with van der Waals surface area (Å²) < 4.78 is 0. The minimum absolute atomic E-state index is 0.364. The summed E-state index contributed by atoms with van der Waals surface area (Å²) in [6.45, 7) is 0. The van der Waals surface area contributed by atoms with Crippen LogP contribution in [-0.2, 0) is 14.4 Å². The zero-order chi connectivity index (χ0) is 12.8. The topological polar surface area (TPSA) is 88.5 Å². The first-order valence-electron chi connectivity index (χ1n) is 4.87. The largest absolute Gasteiger partial charge is 0.475 e. The van der Waals surface area contributed by atoms with Gasteiger partial charge in [0.2, 0.25) is 5.78 Å². The summed E-state index contributed by atoms with van der Waals surface area (Å²) in [5.74, 6) is -3.97. The molecule has 5 heteroatoms. The summed E-state index contributed by atoms with van der Waals surface area (Å²) in [4.78, 5) is 43.7. The van der Waals surface area contributed by atoms with E-state index in [0.717, 1.165) is 0 Å². The van der Waals surface area contributed by atoms with Crippen LogP contribution in [0.5, 0.6) is 0 Å². The van der Waals surface area contributed by atoms with Gasteiger partial charge in [-0.1, -0.05) is 30.3 Å². The molecule has 0 spiro atoms. The van der Waals surface area contributed by atoms with Crippen molar-refractivity contribution in [3.63, 3.8) is 0 Å². The number of benzene rings is 1. The summed E-state index contributed by atoms with van der Waals surface area (Å²) in [7, 11) is 0. The Balaban J connectivity index is 2.56. The first kappa shape index (κ1) is 12.8. The Kier molecular flexibility index (Phi) is 4.28. The van der Waals surface area contributed by atoms with E-state index >= 15 is 0 Å². The maximum atomic E-state index is 11.5. The lowest BCUT2D eigenvalue weighted by molar-refractivity contribution is -0.150. The van der Waals surface area contributed by atoms with Crippen LogP contribution in [0.3, 0.4) is 0 Å². The van der Waals surface area contributed by atoms with Gasteiger partial charge in [0, 0.05) is 5.56 Å². The second-order valence-electron chi connectivity index (χ2n) is 3.41. The molecule has 0 saturated heterocycles. The molecule has 5 nitrogen and oxygen atoms in total. The number of carbonyl (C=O) groups is 4. The van der Waals surface area contributed by atoms with E-state index in [2.05, 4.69) is 0 Å². The first-order valence-corrected chi connectivity index (χ1v) is 4.87. The molecule has 88 valence electrons. The van der Waals surface area contributed by atoms with E-state index in [9.17, 15) is 19.2 Å². The molecule has 0 aliphatic carbocycles. The van der Waals surface area contributed by atoms with Crippen molar-refractivity contribution in [3.05, 3.63) is 35.9 Å². The number of hydrogen-bond acceptors (Lipinski definition) is 4. The van der Waals surface area contributed by atoms with Gasteiger partial charge in [-0.25, -0.2) is 4.79 Å². The monoisotopic (exact) mass is 234 g/mol. The third-order valence-corrected chi connectivity index (χ3v) is 2.05. The van der Waals surface area contributed by atoms with E-state index < -0.39 is 36.2 Å². The maximum Gasteiger partial charge on any atom is 0.372 e. The zero-order valence-electron chi connectivity index (χ0n) is 8.88. The van der Waals surface area contributed by atoms with Crippen LogP contribution in [0.25, 0.3) is 0 Å². The van der Waals surface area contributed by atoms with Crippen LogP contribution in [0, 0.1) is 0 Å². The van der Waals surface area contributed by atoms with Gasteiger partial charge in [0.25, 0.3) is 0 Å². The van der Waals surface area contributed by atoms with Gasteiger partial charge in [-0.15, -0.1) is 0 Å². The van der Waals surface area contributed by atoms with E-state index in [1.54, 1.807) is 30.3 Å². The average molecular weight is 234 g/mol. The standard InChI is InChI=1S/C12H10O5/c13-9(7-11(15)12(16)17)6-10(14)8-4-2-1-3-5-8/h1-5H,6-7H2,(H,16,17). The molecule has 0 atom stereocenters. The first-order chi connectivity index (χ1) is 8.00. The fourth-order valence-electron chi connectivity index (χ4n) is 1.22. The molecule has 0 aromatic heterocycles. The molecule has 1 N–H and O–H groups in total. The summed E-state index contributed by atoms with van der Waals surface area (Å²) in [5, 5.41) is 8.30. The number of Topliss-reactive ketones (excluding diaryl/α,β-unsaturated/α-hetero) is 3. The molecule has 17 heavy (non-hydrogen) atoms.